The van der Waals surface area contributed by atoms with Gasteiger partial charge in [-0.1, -0.05) is 33.1 Å². The maximum atomic E-state index is 4.46. The lowest BCUT2D eigenvalue weighted by Crippen LogP contribution is -2.32. The summed E-state index contributed by atoms with van der Waals surface area (Å²) in [5, 5.41) is 8.26. The molecule has 1 aliphatic rings. The largest absolute Gasteiger partial charge is 0.310 e. The predicted molar refractivity (Wildman–Crippen MR) is 84.7 cm³/mol. The van der Waals surface area contributed by atoms with Gasteiger partial charge in [-0.3, -0.25) is 4.68 Å². The summed E-state index contributed by atoms with van der Waals surface area (Å²) in [5.74, 6) is 1.71. The van der Waals surface area contributed by atoms with Crippen LogP contribution in [-0.2, 0) is 7.05 Å². The zero-order chi connectivity index (χ0) is 14.5. The first-order valence-corrected chi connectivity index (χ1v) is 8.39. The van der Waals surface area contributed by atoms with Crippen LogP contribution >= 0.6 is 0 Å². The highest BCUT2D eigenvalue weighted by Gasteiger charge is 2.30. The van der Waals surface area contributed by atoms with Crippen molar-refractivity contribution < 1.29 is 0 Å². The third kappa shape index (κ3) is 3.43. The summed E-state index contributed by atoms with van der Waals surface area (Å²) >= 11 is 0. The molecule has 1 heterocycles. The van der Waals surface area contributed by atoms with E-state index in [1.54, 1.807) is 0 Å². The van der Waals surface area contributed by atoms with E-state index in [9.17, 15) is 0 Å². The number of nitrogens with one attached hydrogen (secondary N) is 1. The molecule has 3 heteroatoms. The summed E-state index contributed by atoms with van der Waals surface area (Å²) in [4.78, 5) is 0. The third-order valence-corrected chi connectivity index (χ3v) is 5.09. The second-order valence-electron chi connectivity index (χ2n) is 6.44. The fourth-order valence-corrected chi connectivity index (χ4v) is 3.66. The molecule has 0 radical (unpaired) electrons. The second kappa shape index (κ2) is 7.26. The van der Waals surface area contributed by atoms with E-state index in [1.807, 2.05) is 11.7 Å². The lowest BCUT2D eigenvalue weighted by Gasteiger charge is -2.35. The first-order chi connectivity index (χ1) is 9.67. The molecule has 3 atom stereocenters. The van der Waals surface area contributed by atoms with Gasteiger partial charge >= 0.3 is 0 Å². The minimum Gasteiger partial charge on any atom is -0.310 e. The molecule has 1 saturated carbocycles. The van der Waals surface area contributed by atoms with Gasteiger partial charge in [-0.2, -0.15) is 5.10 Å². The molecule has 114 valence electrons. The molecule has 0 saturated heterocycles. The lowest BCUT2D eigenvalue weighted by atomic mass is 9.75. The van der Waals surface area contributed by atoms with E-state index in [-0.39, 0.29) is 0 Å². The minimum absolute atomic E-state index is 0.498. The first kappa shape index (κ1) is 15.6. The van der Waals surface area contributed by atoms with Crippen LogP contribution in [-0.4, -0.2) is 16.3 Å². The van der Waals surface area contributed by atoms with Crippen LogP contribution in [0.1, 0.15) is 69.7 Å². The summed E-state index contributed by atoms with van der Waals surface area (Å²) in [6.45, 7) is 7.89. The minimum atomic E-state index is 0.498. The van der Waals surface area contributed by atoms with Crippen molar-refractivity contribution in [2.24, 2.45) is 18.9 Å². The zero-order valence-corrected chi connectivity index (χ0v) is 13.7. The normalized spacial score (nSPS) is 24.8. The summed E-state index contributed by atoms with van der Waals surface area (Å²) in [7, 11) is 2.05. The molecular formula is C17H31N3. The Bertz CT molecular complexity index is 410. The van der Waals surface area contributed by atoms with Crippen molar-refractivity contribution in [2.45, 2.75) is 65.3 Å². The Balaban J connectivity index is 2.16. The molecule has 0 bridgehead atoms. The molecule has 1 aromatic rings. The van der Waals surface area contributed by atoms with E-state index in [2.05, 4.69) is 37.4 Å². The topological polar surface area (TPSA) is 29.9 Å². The van der Waals surface area contributed by atoms with E-state index >= 15 is 0 Å². The van der Waals surface area contributed by atoms with Gasteiger partial charge in [-0.15, -0.1) is 0 Å². The number of nitrogens with zero attached hydrogens (tertiary/aromatic N) is 2. The summed E-state index contributed by atoms with van der Waals surface area (Å²) in [5.41, 5.74) is 2.74. The van der Waals surface area contributed by atoms with Gasteiger partial charge in [0.25, 0.3) is 0 Å². The van der Waals surface area contributed by atoms with E-state index in [4.69, 9.17) is 0 Å². The molecule has 20 heavy (non-hydrogen) atoms. The Morgan fingerprint density at radius 1 is 1.40 bits per heavy atom. The molecular weight excluding hydrogens is 246 g/mol. The maximum Gasteiger partial charge on any atom is 0.0540 e. The SMILES string of the molecule is CCCNC(c1cnn(C)c1C)C1CCCC(CC)C1. The van der Waals surface area contributed by atoms with Crippen LogP contribution in [0.5, 0.6) is 0 Å². The van der Waals surface area contributed by atoms with Gasteiger partial charge < -0.3 is 5.32 Å². The highest BCUT2D eigenvalue weighted by atomic mass is 15.3. The van der Waals surface area contributed by atoms with Gasteiger partial charge in [0.1, 0.15) is 0 Å². The highest BCUT2D eigenvalue weighted by Crippen LogP contribution is 2.39. The van der Waals surface area contributed by atoms with Gasteiger partial charge in [-0.05, 0) is 44.6 Å². The quantitative estimate of drug-likeness (QED) is 0.852. The molecule has 1 aliphatic carbocycles. The van der Waals surface area contributed by atoms with Crippen molar-refractivity contribution in [1.82, 2.24) is 15.1 Å². The smallest absolute Gasteiger partial charge is 0.0540 e. The van der Waals surface area contributed by atoms with Gasteiger partial charge in [0.15, 0.2) is 0 Å². The van der Waals surface area contributed by atoms with Crippen molar-refractivity contribution in [2.75, 3.05) is 6.54 Å². The molecule has 3 unspecified atom stereocenters. The molecule has 1 aromatic heterocycles. The van der Waals surface area contributed by atoms with Crippen LogP contribution in [0, 0.1) is 18.8 Å². The molecule has 0 spiro atoms. The molecule has 0 amide bonds. The van der Waals surface area contributed by atoms with Gasteiger partial charge in [0, 0.05) is 24.3 Å². The van der Waals surface area contributed by atoms with E-state index in [1.165, 1.54) is 49.8 Å². The standard InChI is InChI=1S/C17H31N3/c1-5-10-18-17(16-12-19-20(4)13(16)3)15-9-7-8-14(6-2)11-15/h12,14-15,17-18H,5-11H2,1-4H3. The van der Waals surface area contributed by atoms with Crippen LogP contribution in [0.25, 0.3) is 0 Å². The average molecular weight is 277 g/mol. The van der Waals surface area contributed by atoms with Crippen LogP contribution in [0.2, 0.25) is 0 Å². The van der Waals surface area contributed by atoms with Crippen LogP contribution in [0.3, 0.4) is 0 Å². The van der Waals surface area contributed by atoms with E-state index in [0.29, 0.717) is 6.04 Å². The number of hydrogen-bond acceptors (Lipinski definition) is 2. The Hall–Kier alpha value is -0.830. The van der Waals surface area contributed by atoms with Crippen molar-refractivity contribution >= 4 is 0 Å². The highest BCUT2D eigenvalue weighted by molar-refractivity contribution is 5.21. The average Bonchev–Trinajstić information content (AvgIpc) is 2.80. The molecule has 0 aromatic carbocycles. The maximum absolute atomic E-state index is 4.46. The number of rotatable bonds is 6. The number of aromatic nitrogens is 2. The molecule has 0 aliphatic heterocycles. The Kier molecular flexibility index (Phi) is 5.64. The summed E-state index contributed by atoms with van der Waals surface area (Å²) < 4.78 is 2.01. The molecule has 1 N–H and O–H groups in total. The van der Waals surface area contributed by atoms with E-state index < -0.39 is 0 Å². The molecule has 1 fully saturated rings. The first-order valence-electron chi connectivity index (χ1n) is 8.39. The van der Waals surface area contributed by atoms with Crippen molar-refractivity contribution in [3.63, 3.8) is 0 Å². The molecule has 2 rings (SSSR count). The Morgan fingerprint density at radius 3 is 2.80 bits per heavy atom. The van der Waals surface area contributed by atoms with E-state index in [0.717, 1.165) is 18.4 Å². The number of hydrogen-bond donors (Lipinski definition) is 1. The molecule has 3 nitrogen and oxygen atoms in total. The van der Waals surface area contributed by atoms with Crippen molar-refractivity contribution in [1.29, 1.82) is 0 Å². The fraction of sp³-hybridized carbons (Fsp3) is 0.824. The lowest BCUT2D eigenvalue weighted by molar-refractivity contribution is 0.209. The zero-order valence-electron chi connectivity index (χ0n) is 13.7. The monoisotopic (exact) mass is 277 g/mol. The predicted octanol–water partition coefficient (Wildman–Crippen LogP) is 3.99. The van der Waals surface area contributed by atoms with Crippen molar-refractivity contribution in [3.05, 3.63) is 17.5 Å². The van der Waals surface area contributed by atoms with Gasteiger partial charge in [-0.25, -0.2) is 0 Å². The fourth-order valence-electron chi connectivity index (χ4n) is 3.66. The summed E-state index contributed by atoms with van der Waals surface area (Å²) in [6.07, 6.45) is 10.2. The Labute approximate surface area is 124 Å². The third-order valence-electron chi connectivity index (χ3n) is 5.09. The summed E-state index contributed by atoms with van der Waals surface area (Å²) in [6, 6.07) is 0.498. The van der Waals surface area contributed by atoms with Gasteiger partial charge in [0.2, 0.25) is 0 Å². The number of aryl methyl sites for hydroxylation is 1. The second-order valence-corrected chi connectivity index (χ2v) is 6.44. The van der Waals surface area contributed by atoms with Crippen LogP contribution in [0.15, 0.2) is 6.20 Å². The van der Waals surface area contributed by atoms with Crippen molar-refractivity contribution in [3.8, 4) is 0 Å². The van der Waals surface area contributed by atoms with Gasteiger partial charge in [0.05, 0.1) is 6.20 Å². The van der Waals surface area contributed by atoms with Crippen LogP contribution in [0.4, 0.5) is 0 Å². The Morgan fingerprint density at radius 2 is 2.20 bits per heavy atom. The van der Waals surface area contributed by atoms with Crippen LogP contribution < -0.4 is 5.32 Å².